The second-order valence-corrected chi connectivity index (χ2v) is 3.50. The quantitative estimate of drug-likeness (QED) is 0.499. The third-order valence-corrected chi connectivity index (χ3v) is 2.62. The lowest BCUT2D eigenvalue weighted by Gasteiger charge is -2.31. The lowest BCUT2D eigenvalue weighted by molar-refractivity contribution is -0.135. The van der Waals surface area contributed by atoms with Crippen LogP contribution in [0.15, 0.2) is 23.8 Å². The average Bonchev–Trinajstić information content (AvgIpc) is 2.21. The summed E-state index contributed by atoms with van der Waals surface area (Å²) in [7, 11) is 3.03. The van der Waals surface area contributed by atoms with Crippen LogP contribution in [0.3, 0.4) is 0 Å². The molecular weight excluding hydrogens is 180 g/mol. The molecule has 0 saturated carbocycles. The van der Waals surface area contributed by atoms with Gasteiger partial charge < -0.3 is 9.47 Å². The number of ether oxygens (including phenoxy) is 2. The van der Waals surface area contributed by atoms with Crippen molar-refractivity contribution in [3.05, 3.63) is 23.8 Å². The highest BCUT2D eigenvalue weighted by molar-refractivity contribution is 5.83. The molecule has 0 radical (unpaired) electrons. The van der Waals surface area contributed by atoms with Crippen LogP contribution in [0.2, 0.25) is 0 Å². The van der Waals surface area contributed by atoms with Crippen LogP contribution in [0.4, 0.5) is 0 Å². The molecule has 1 aliphatic rings. The first-order valence-electron chi connectivity index (χ1n) is 4.64. The van der Waals surface area contributed by atoms with E-state index in [9.17, 15) is 4.79 Å². The van der Waals surface area contributed by atoms with E-state index in [4.69, 9.17) is 4.74 Å². The lowest BCUT2D eigenvalue weighted by atomic mass is 9.85. The fourth-order valence-corrected chi connectivity index (χ4v) is 1.50. The molecule has 0 aliphatic heterocycles. The molecule has 3 heteroatoms. The van der Waals surface area contributed by atoms with Crippen LogP contribution in [-0.2, 0) is 14.3 Å². The maximum Gasteiger partial charge on any atom is 0.330 e. The van der Waals surface area contributed by atoms with Crippen molar-refractivity contribution in [3.63, 3.8) is 0 Å². The molecule has 14 heavy (non-hydrogen) atoms. The third kappa shape index (κ3) is 2.23. The first kappa shape index (κ1) is 11.0. The number of allylic oxidation sites excluding steroid dienone is 1. The molecule has 1 rings (SSSR count). The summed E-state index contributed by atoms with van der Waals surface area (Å²) in [6.07, 6.45) is 7.31. The van der Waals surface area contributed by atoms with Crippen LogP contribution >= 0.6 is 0 Å². The minimum atomic E-state index is -0.358. The van der Waals surface area contributed by atoms with E-state index in [0.717, 1.165) is 18.4 Å². The van der Waals surface area contributed by atoms with Crippen LogP contribution in [0.5, 0.6) is 0 Å². The van der Waals surface area contributed by atoms with E-state index in [2.05, 4.69) is 4.74 Å². The first-order valence-corrected chi connectivity index (χ1v) is 4.64. The van der Waals surface area contributed by atoms with Crippen molar-refractivity contribution in [1.82, 2.24) is 0 Å². The van der Waals surface area contributed by atoms with Gasteiger partial charge >= 0.3 is 5.97 Å². The zero-order chi connectivity index (χ0) is 10.6. The number of rotatable bonds is 2. The predicted octanol–water partition coefficient (Wildman–Crippen LogP) is 1.84. The Hall–Kier alpha value is -1.09. The third-order valence-electron chi connectivity index (χ3n) is 2.62. The van der Waals surface area contributed by atoms with Gasteiger partial charge in [0, 0.05) is 13.2 Å². The molecule has 0 amide bonds. The van der Waals surface area contributed by atoms with Crippen molar-refractivity contribution in [2.75, 3.05) is 14.2 Å². The highest BCUT2D eigenvalue weighted by Crippen LogP contribution is 2.31. The van der Waals surface area contributed by atoms with E-state index in [1.54, 1.807) is 7.11 Å². The Kier molecular flexibility index (Phi) is 3.47. The van der Waals surface area contributed by atoms with Gasteiger partial charge in [-0.1, -0.05) is 12.2 Å². The summed E-state index contributed by atoms with van der Waals surface area (Å²) in [5.74, 6) is -0.338. The minimum absolute atomic E-state index is 0.338. The molecule has 0 fully saturated rings. The Balaban J connectivity index is 2.93. The first-order chi connectivity index (χ1) is 6.62. The van der Waals surface area contributed by atoms with Gasteiger partial charge in [-0.2, -0.15) is 0 Å². The number of esters is 1. The molecule has 0 N–H and O–H groups in total. The SMILES string of the molecule is COC(=O)C=C1C=CCCC1(C)OC. The van der Waals surface area contributed by atoms with E-state index in [0.29, 0.717) is 0 Å². The van der Waals surface area contributed by atoms with E-state index in [-0.39, 0.29) is 11.6 Å². The monoisotopic (exact) mass is 196 g/mol. The Morgan fingerprint density at radius 1 is 1.57 bits per heavy atom. The molecule has 0 aromatic rings. The zero-order valence-electron chi connectivity index (χ0n) is 8.87. The van der Waals surface area contributed by atoms with Gasteiger partial charge in [0.1, 0.15) is 0 Å². The summed E-state index contributed by atoms with van der Waals surface area (Å²) in [5, 5.41) is 0. The highest BCUT2D eigenvalue weighted by atomic mass is 16.5. The van der Waals surface area contributed by atoms with Crippen molar-refractivity contribution >= 4 is 5.97 Å². The summed E-state index contributed by atoms with van der Waals surface area (Å²) in [4.78, 5) is 11.1. The van der Waals surface area contributed by atoms with Gasteiger partial charge in [0.15, 0.2) is 0 Å². The molecule has 78 valence electrons. The van der Waals surface area contributed by atoms with Crippen molar-refractivity contribution in [1.29, 1.82) is 0 Å². The molecule has 1 atom stereocenters. The average molecular weight is 196 g/mol. The lowest BCUT2D eigenvalue weighted by Crippen LogP contribution is -2.31. The smallest absolute Gasteiger partial charge is 0.330 e. The number of carbonyl (C=O) groups is 1. The van der Waals surface area contributed by atoms with Gasteiger partial charge in [0.25, 0.3) is 0 Å². The van der Waals surface area contributed by atoms with E-state index < -0.39 is 0 Å². The van der Waals surface area contributed by atoms with Crippen LogP contribution in [0, 0.1) is 0 Å². The Morgan fingerprint density at radius 3 is 2.86 bits per heavy atom. The van der Waals surface area contributed by atoms with Gasteiger partial charge in [0.05, 0.1) is 12.7 Å². The molecule has 0 spiro atoms. The fraction of sp³-hybridized carbons (Fsp3) is 0.545. The number of carbonyl (C=O) groups excluding carboxylic acids is 1. The van der Waals surface area contributed by atoms with E-state index in [1.165, 1.54) is 13.2 Å². The van der Waals surface area contributed by atoms with Crippen LogP contribution < -0.4 is 0 Å². The van der Waals surface area contributed by atoms with Crippen LogP contribution in [0.1, 0.15) is 19.8 Å². The molecule has 0 bridgehead atoms. The van der Waals surface area contributed by atoms with E-state index in [1.807, 2.05) is 19.1 Å². The summed E-state index contributed by atoms with van der Waals surface area (Å²) >= 11 is 0. The van der Waals surface area contributed by atoms with Gasteiger partial charge in [-0.05, 0) is 25.3 Å². The molecule has 0 heterocycles. The Labute approximate surface area is 84.4 Å². The Bertz CT molecular complexity index is 278. The second-order valence-electron chi connectivity index (χ2n) is 3.50. The van der Waals surface area contributed by atoms with Crippen LogP contribution in [-0.4, -0.2) is 25.8 Å². The Morgan fingerprint density at radius 2 is 2.29 bits per heavy atom. The standard InChI is InChI=1S/C11H16O3/c1-11(14-3)7-5-4-6-9(11)8-10(12)13-2/h4,6,8H,5,7H2,1-3H3. The van der Waals surface area contributed by atoms with E-state index >= 15 is 0 Å². The summed E-state index contributed by atoms with van der Waals surface area (Å²) in [6, 6.07) is 0. The van der Waals surface area contributed by atoms with Crippen LogP contribution in [0.25, 0.3) is 0 Å². The topological polar surface area (TPSA) is 35.5 Å². The van der Waals surface area contributed by atoms with Crippen molar-refractivity contribution < 1.29 is 14.3 Å². The summed E-state index contributed by atoms with van der Waals surface area (Å²) in [5.41, 5.74) is 0.515. The summed E-state index contributed by atoms with van der Waals surface area (Å²) in [6.45, 7) is 1.98. The predicted molar refractivity (Wildman–Crippen MR) is 53.9 cm³/mol. The van der Waals surface area contributed by atoms with Gasteiger partial charge in [-0.15, -0.1) is 0 Å². The fourth-order valence-electron chi connectivity index (χ4n) is 1.50. The van der Waals surface area contributed by atoms with Crippen molar-refractivity contribution in [2.24, 2.45) is 0 Å². The van der Waals surface area contributed by atoms with Gasteiger partial charge in [0.2, 0.25) is 0 Å². The zero-order valence-corrected chi connectivity index (χ0v) is 8.87. The molecule has 0 aromatic carbocycles. The molecule has 1 aliphatic carbocycles. The molecule has 0 aromatic heterocycles. The maximum atomic E-state index is 11.1. The molecule has 3 nitrogen and oxygen atoms in total. The molecule has 0 saturated heterocycles. The molecule has 1 unspecified atom stereocenters. The number of hydrogen-bond donors (Lipinski definition) is 0. The summed E-state index contributed by atoms with van der Waals surface area (Å²) < 4.78 is 10.00. The minimum Gasteiger partial charge on any atom is -0.466 e. The maximum absolute atomic E-state index is 11.1. The van der Waals surface area contributed by atoms with Gasteiger partial charge in [-0.25, -0.2) is 4.79 Å². The molecular formula is C11H16O3. The largest absolute Gasteiger partial charge is 0.466 e. The van der Waals surface area contributed by atoms with Crippen molar-refractivity contribution in [2.45, 2.75) is 25.4 Å². The number of hydrogen-bond acceptors (Lipinski definition) is 3. The number of methoxy groups -OCH3 is 2. The van der Waals surface area contributed by atoms with Gasteiger partial charge in [-0.3, -0.25) is 0 Å². The highest BCUT2D eigenvalue weighted by Gasteiger charge is 2.29. The van der Waals surface area contributed by atoms with Crippen molar-refractivity contribution in [3.8, 4) is 0 Å². The normalized spacial score (nSPS) is 29.2. The second kappa shape index (κ2) is 4.42.